The zero-order valence-electron chi connectivity index (χ0n) is 13.8. The van der Waals surface area contributed by atoms with Crippen LogP contribution in [0.4, 0.5) is 16.2 Å². The average molecular weight is 344 g/mol. The molecule has 0 atom stereocenters. The Hall–Kier alpha value is -2.20. The van der Waals surface area contributed by atoms with E-state index >= 15 is 0 Å². The van der Waals surface area contributed by atoms with Crippen molar-refractivity contribution in [3.05, 3.63) is 59.1 Å². The molecule has 3 rings (SSSR count). The molecule has 0 bridgehead atoms. The summed E-state index contributed by atoms with van der Waals surface area (Å²) in [5, 5.41) is 3.73. The molecule has 0 unspecified atom stereocenters. The predicted molar refractivity (Wildman–Crippen MR) is 100 cm³/mol. The van der Waals surface area contributed by atoms with E-state index in [9.17, 15) is 4.79 Å². The number of aryl methyl sites for hydroxylation is 1. The number of piperazine rings is 1. The number of nitrogens with zero attached hydrogens (tertiary/aromatic N) is 2. The van der Waals surface area contributed by atoms with Crippen molar-refractivity contribution in [2.45, 2.75) is 13.3 Å². The molecule has 1 aliphatic rings. The van der Waals surface area contributed by atoms with Crippen LogP contribution in [0.25, 0.3) is 0 Å². The number of anilines is 2. The number of amides is 2. The lowest BCUT2D eigenvalue weighted by atomic mass is 10.1. The van der Waals surface area contributed by atoms with Crippen molar-refractivity contribution in [1.29, 1.82) is 0 Å². The van der Waals surface area contributed by atoms with Gasteiger partial charge in [-0.3, -0.25) is 0 Å². The summed E-state index contributed by atoms with van der Waals surface area (Å²) in [6.45, 7) is 5.05. The molecule has 1 saturated heterocycles. The molecule has 0 aromatic heterocycles. The Morgan fingerprint density at radius 3 is 2.33 bits per heavy atom. The molecule has 1 fully saturated rings. The van der Waals surface area contributed by atoms with Crippen LogP contribution < -0.4 is 10.2 Å². The van der Waals surface area contributed by atoms with E-state index in [1.54, 1.807) is 0 Å². The van der Waals surface area contributed by atoms with Crippen molar-refractivity contribution in [2.24, 2.45) is 0 Å². The van der Waals surface area contributed by atoms with Crippen LogP contribution in [0.15, 0.2) is 48.5 Å². The Morgan fingerprint density at radius 1 is 1.04 bits per heavy atom. The summed E-state index contributed by atoms with van der Waals surface area (Å²) in [6, 6.07) is 15.8. The largest absolute Gasteiger partial charge is 0.367 e. The van der Waals surface area contributed by atoms with Gasteiger partial charge in [0.15, 0.2) is 0 Å². The monoisotopic (exact) mass is 343 g/mol. The number of para-hydroxylation sites is 1. The third kappa shape index (κ3) is 3.82. The zero-order valence-corrected chi connectivity index (χ0v) is 14.6. The Balaban J connectivity index is 1.56. The molecule has 2 aromatic rings. The second-order valence-electron chi connectivity index (χ2n) is 5.91. The van der Waals surface area contributed by atoms with Gasteiger partial charge in [-0.25, -0.2) is 4.79 Å². The highest BCUT2D eigenvalue weighted by atomic mass is 35.5. The molecule has 5 heteroatoms. The predicted octanol–water partition coefficient (Wildman–Crippen LogP) is 4.26. The van der Waals surface area contributed by atoms with Crippen LogP contribution in [0.2, 0.25) is 5.02 Å². The first-order chi connectivity index (χ1) is 11.7. The molecular weight excluding hydrogens is 322 g/mol. The summed E-state index contributed by atoms with van der Waals surface area (Å²) in [5.41, 5.74) is 3.14. The van der Waals surface area contributed by atoms with E-state index in [-0.39, 0.29) is 6.03 Å². The third-order valence-electron chi connectivity index (χ3n) is 4.37. The van der Waals surface area contributed by atoms with Crippen molar-refractivity contribution >= 4 is 29.0 Å². The van der Waals surface area contributed by atoms with Crippen LogP contribution in [0.3, 0.4) is 0 Å². The molecule has 2 aromatic carbocycles. The van der Waals surface area contributed by atoms with E-state index in [1.807, 2.05) is 53.4 Å². The first-order valence-corrected chi connectivity index (χ1v) is 8.69. The van der Waals surface area contributed by atoms with Crippen LogP contribution in [-0.2, 0) is 6.42 Å². The standard InChI is InChI=1S/C19H22ClN3O/c1-2-15-7-9-16(10-8-15)21-19(24)23-13-11-22(12-14-23)18-6-4-3-5-17(18)20/h3-10H,2,11-14H2,1H3,(H,21,24). The van der Waals surface area contributed by atoms with Gasteiger partial charge in [-0.05, 0) is 36.2 Å². The number of urea groups is 1. The molecule has 1 aliphatic heterocycles. The summed E-state index contributed by atoms with van der Waals surface area (Å²) in [4.78, 5) is 16.5. The quantitative estimate of drug-likeness (QED) is 0.904. The Morgan fingerprint density at radius 2 is 1.71 bits per heavy atom. The lowest BCUT2D eigenvalue weighted by molar-refractivity contribution is 0.208. The van der Waals surface area contributed by atoms with Gasteiger partial charge in [-0.15, -0.1) is 0 Å². The van der Waals surface area contributed by atoms with E-state index < -0.39 is 0 Å². The van der Waals surface area contributed by atoms with Gasteiger partial charge >= 0.3 is 6.03 Å². The van der Waals surface area contributed by atoms with Gasteiger partial charge < -0.3 is 15.1 Å². The highest BCUT2D eigenvalue weighted by Crippen LogP contribution is 2.26. The molecular formula is C19H22ClN3O. The number of carbonyl (C=O) groups is 1. The molecule has 0 aliphatic carbocycles. The number of hydrogen-bond donors (Lipinski definition) is 1. The van der Waals surface area contributed by atoms with Crippen molar-refractivity contribution < 1.29 is 4.79 Å². The van der Waals surface area contributed by atoms with E-state index in [2.05, 4.69) is 17.1 Å². The minimum absolute atomic E-state index is 0.0435. The van der Waals surface area contributed by atoms with E-state index in [1.165, 1.54) is 5.56 Å². The van der Waals surface area contributed by atoms with Gasteiger partial charge in [0.1, 0.15) is 0 Å². The minimum Gasteiger partial charge on any atom is -0.367 e. The maximum absolute atomic E-state index is 12.4. The van der Waals surface area contributed by atoms with Crippen LogP contribution in [0.1, 0.15) is 12.5 Å². The summed E-state index contributed by atoms with van der Waals surface area (Å²) in [5.74, 6) is 0. The van der Waals surface area contributed by atoms with Gasteiger partial charge in [-0.2, -0.15) is 0 Å². The molecule has 0 radical (unpaired) electrons. The number of nitrogens with one attached hydrogen (secondary N) is 1. The number of rotatable bonds is 3. The van der Waals surface area contributed by atoms with Crippen LogP contribution in [0.5, 0.6) is 0 Å². The third-order valence-corrected chi connectivity index (χ3v) is 4.69. The van der Waals surface area contributed by atoms with Gasteiger partial charge in [-0.1, -0.05) is 42.8 Å². The van der Waals surface area contributed by atoms with Gasteiger partial charge in [0.25, 0.3) is 0 Å². The van der Waals surface area contributed by atoms with Crippen molar-refractivity contribution in [3.8, 4) is 0 Å². The lowest BCUT2D eigenvalue weighted by Crippen LogP contribution is -2.50. The summed E-state index contributed by atoms with van der Waals surface area (Å²) in [6.07, 6.45) is 0.998. The van der Waals surface area contributed by atoms with Crippen LogP contribution >= 0.6 is 11.6 Å². The summed E-state index contributed by atoms with van der Waals surface area (Å²) < 4.78 is 0. The number of halogens is 1. The highest BCUT2D eigenvalue weighted by Gasteiger charge is 2.22. The fourth-order valence-corrected chi connectivity index (χ4v) is 3.14. The molecule has 0 spiro atoms. The first-order valence-electron chi connectivity index (χ1n) is 8.31. The normalized spacial score (nSPS) is 14.6. The van der Waals surface area contributed by atoms with Gasteiger partial charge in [0.2, 0.25) is 0 Å². The molecule has 0 saturated carbocycles. The lowest BCUT2D eigenvalue weighted by Gasteiger charge is -2.36. The summed E-state index contributed by atoms with van der Waals surface area (Å²) in [7, 11) is 0. The first kappa shape index (κ1) is 16.7. The van der Waals surface area contributed by atoms with Crippen LogP contribution in [-0.4, -0.2) is 37.1 Å². The fourth-order valence-electron chi connectivity index (χ4n) is 2.88. The van der Waals surface area contributed by atoms with Crippen LogP contribution in [0, 0.1) is 0 Å². The molecule has 24 heavy (non-hydrogen) atoms. The van der Waals surface area contributed by atoms with E-state index in [4.69, 9.17) is 11.6 Å². The molecule has 126 valence electrons. The Bertz CT molecular complexity index is 694. The fraction of sp³-hybridized carbons (Fsp3) is 0.316. The van der Waals surface area contributed by atoms with Crippen molar-refractivity contribution in [2.75, 3.05) is 36.4 Å². The number of benzene rings is 2. The maximum Gasteiger partial charge on any atom is 0.321 e. The van der Waals surface area contributed by atoms with Crippen molar-refractivity contribution in [3.63, 3.8) is 0 Å². The zero-order chi connectivity index (χ0) is 16.9. The van der Waals surface area contributed by atoms with Gasteiger partial charge in [0.05, 0.1) is 10.7 Å². The molecule has 2 amide bonds. The Kier molecular flexibility index (Phi) is 5.26. The average Bonchev–Trinajstić information content (AvgIpc) is 2.63. The summed E-state index contributed by atoms with van der Waals surface area (Å²) >= 11 is 6.25. The van der Waals surface area contributed by atoms with Gasteiger partial charge in [0, 0.05) is 31.9 Å². The maximum atomic E-state index is 12.4. The molecule has 1 heterocycles. The SMILES string of the molecule is CCc1ccc(NC(=O)N2CCN(c3ccccc3Cl)CC2)cc1. The Labute approximate surface area is 148 Å². The number of carbonyl (C=O) groups excluding carboxylic acids is 1. The highest BCUT2D eigenvalue weighted by molar-refractivity contribution is 6.33. The van der Waals surface area contributed by atoms with E-state index in [0.717, 1.165) is 35.9 Å². The smallest absolute Gasteiger partial charge is 0.321 e. The van der Waals surface area contributed by atoms with Crippen molar-refractivity contribution in [1.82, 2.24) is 4.90 Å². The topological polar surface area (TPSA) is 35.6 Å². The molecule has 4 nitrogen and oxygen atoms in total. The number of hydrogen-bond acceptors (Lipinski definition) is 2. The molecule has 1 N–H and O–H groups in total. The minimum atomic E-state index is -0.0435. The second-order valence-corrected chi connectivity index (χ2v) is 6.31. The van der Waals surface area contributed by atoms with E-state index in [0.29, 0.717) is 13.1 Å². The second kappa shape index (κ2) is 7.58.